The van der Waals surface area contributed by atoms with Crippen LogP contribution in [0.25, 0.3) is 21.3 Å². The zero-order chi connectivity index (χ0) is 18.8. The van der Waals surface area contributed by atoms with Gasteiger partial charge in [0.15, 0.2) is 5.13 Å². The highest BCUT2D eigenvalue weighted by molar-refractivity contribution is 7.22. The fraction of sp³-hybridized carbons (Fsp3) is 0.0476. The number of anilines is 2. The average Bonchev–Trinajstić information content (AvgIpc) is 3.09. The van der Waals surface area contributed by atoms with E-state index in [1.807, 2.05) is 36.4 Å². The number of halogens is 1. The van der Waals surface area contributed by atoms with Crippen molar-refractivity contribution in [3.05, 3.63) is 78.1 Å². The van der Waals surface area contributed by atoms with Gasteiger partial charge < -0.3 is 10.1 Å². The van der Waals surface area contributed by atoms with E-state index in [1.54, 1.807) is 18.2 Å². The number of fused-ring (bicyclic) bond motifs is 1. The molecule has 1 aromatic heterocycles. The molecule has 0 amide bonds. The molecule has 0 aliphatic carbocycles. The molecule has 0 unspecified atom stereocenters. The Labute approximate surface area is 159 Å². The van der Waals surface area contributed by atoms with E-state index < -0.39 is 0 Å². The molecule has 0 aliphatic rings. The van der Waals surface area contributed by atoms with E-state index in [-0.39, 0.29) is 11.8 Å². The van der Waals surface area contributed by atoms with Crippen LogP contribution in [0, 0.1) is 5.82 Å². The zero-order valence-electron chi connectivity index (χ0n) is 14.4. The number of nitrogens with zero attached hydrogens (tertiary/aromatic N) is 1. The standard InChI is InChI=1S/C21H15FN2O2S/c1-26-20(25)15-4-2-13(3-5-15)14-6-9-17(10-7-14)23-21-24-18-11-8-16(22)12-19(18)27-21/h2-12H,1H3,(H,23,24). The van der Waals surface area contributed by atoms with Gasteiger partial charge in [0.25, 0.3) is 0 Å². The van der Waals surface area contributed by atoms with Crippen LogP contribution in [0.4, 0.5) is 15.2 Å². The maximum absolute atomic E-state index is 13.3. The SMILES string of the molecule is COC(=O)c1ccc(-c2ccc(Nc3nc4ccc(F)cc4s3)cc2)cc1. The number of methoxy groups -OCH3 is 1. The second-order valence-electron chi connectivity index (χ2n) is 5.90. The molecule has 0 saturated carbocycles. The van der Waals surface area contributed by atoms with Gasteiger partial charge in [0, 0.05) is 5.69 Å². The molecule has 0 atom stereocenters. The van der Waals surface area contributed by atoms with E-state index in [0.717, 1.165) is 27.0 Å². The third-order valence-corrected chi connectivity index (χ3v) is 5.06. The topological polar surface area (TPSA) is 51.2 Å². The molecule has 0 spiro atoms. The van der Waals surface area contributed by atoms with Gasteiger partial charge in [-0.25, -0.2) is 14.2 Å². The van der Waals surface area contributed by atoms with Crippen molar-refractivity contribution in [3.63, 3.8) is 0 Å². The molecule has 0 fully saturated rings. The Bertz CT molecular complexity index is 1110. The molecule has 27 heavy (non-hydrogen) atoms. The fourth-order valence-electron chi connectivity index (χ4n) is 2.74. The van der Waals surface area contributed by atoms with Gasteiger partial charge in [0.1, 0.15) is 5.82 Å². The smallest absolute Gasteiger partial charge is 0.337 e. The average molecular weight is 378 g/mol. The fourth-order valence-corrected chi connectivity index (χ4v) is 3.65. The first-order chi connectivity index (χ1) is 13.1. The summed E-state index contributed by atoms with van der Waals surface area (Å²) in [6, 6.07) is 19.7. The van der Waals surface area contributed by atoms with Crippen molar-refractivity contribution >= 4 is 38.3 Å². The van der Waals surface area contributed by atoms with Crippen molar-refractivity contribution in [2.75, 3.05) is 12.4 Å². The number of hydrogen-bond donors (Lipinski definition) is 1. The third-order valence-electron chi connectivity index (χ3n) is 4.13. The molecule has 4 aromatic rings. The highest BCUT2D eigenvalue weighted by Crippen LogP contribution is 2.30. The van der Waals surface area contributed by atoms with Gasteiger partial charge in [0.2, 0.25) is 0 Å². The lowest BCUT2D eigenvalue weighted by Crippen LogP contribution is -2.00. The number of nitrogens with one attached hydrogen (secondary N) is 1. The summed E-state index contributed by atoms with van der Waals surface area (Å²) < 4.78 is 18.8. The van der Waals surface area contributed by atoms with Gasteiger partial charge in [-0.15, -0.1) is 0 Å². The number of rotatable bonds is 4. The van der Waals surface area contributed by atoms with Crippen LogP contribution >= 0.6 is 11.3 Å². The van der Waals surface area contributed by atoms with E-state index in [0.29, 0.717) is 10.7 Å². The Morgan fingerprint density at radius 1 is 1.00 bits per heavy atom. The predicted octanol–water partition coefficient (Wildman–Crippen LogP) is 5.63. The largest absolute Gasteiger partial charge is 0.465 e. The number of esters is 1. The summed E-state index contributed by atoms with van der Waals surface area (Å²) in [5.74, 6) is -0.614. The van der Waals surface area contributed by atoms with Crippen molar-refractivity contribution < 1.29 is 13.9 Å². The number of carbonyl (C=O) groups is 1. The van der Waals surface area contributed by atoms with Crippen molar-refractivity contribution in [3.8, 4) is 11.1 Å². The van der Waals surface area contributed by atoms with Crippen LogP contribution in [0.5, 0.6) is 0 Å². The summed E-state index contributed by atoms with van der Waals surface area (Å²) in [7, 11) is 1.36. The maximum Gasteiger partial charge on any atom is 0.337 e. The number of hydrogen-bond acceptors (Lipinski definition) is 5. The number of benzene rings is 3. The summed E-state index contributed by atoms with van der Waals surface area (Å²) in [5.41, 5.74) is 4.22. The summed E-state index contributed by atoms with van der Waals surface area (Å²) in [6.45, 7) is 0. The first-order valence-corrected chi connectivity index (χ1v) is 9.06. The first kappa shape index (κ1) is 17.2. The lowest BCUT2D eigenvalue weighted by molar-refractivity contribution is 0.0601. The van der Waals surface area contributed by atoms with Gasteiger partial charge in [-0.3, -0.25) is 0 Å². The lowest BCUT2D eigenvalue weighted by atomic mass is 10.0. The van der Waals surface area contributed by atoms with Crippen molar-refractivity contribution in [1.82, 2.24) is 4.98 Å². The lowest BCUT2D eigenvalue weighted by Gasteiger charge is -2.06. The van der Waals surface area contributed by atoms with Crippen molar-refractivity contribution in [1.29, 1.82) is 0 Å². The normalized spacial score (nSPS) is 10.7. The second kappa shape index (κ2) is 7.17. The van der Waals surface area contributed by atoms with Gasteiger partial charge in [-0.05, 0) is 53.6 Å². The minimum atomic E-state index is -0.350. The molecule has 0 radical (unpaired) electrons. The molecule has 4 nitrogen and oxygen atoms in total. The maximum atomic E-state index is 13.3. The molecule has 1 N–H and O–H groups in total. The zero-order valence-corrected chi connectivity index (χ0v) is 15.2. The molecule has 0 bridgehead atoms. The van der Waals surface area contributed by atoms with E-state index >= 15 is 0 Å². The molecule has 1 heterocycles. The molecular formula is C21H15FN2O2S. The highest BCUT2D eigenvalue weighted by atomic mass is 32.1. The molecular weight excluding hydrogens is 363 g/mol. The summed E-state index contributed by atoms with van der Waals surface area (Å²) in [6.07, 6.45) is 0. The monoisotopic (exact) mass is 378 g/mol. The van der Waals surface area contributed by atoms with Gasteiger partial charge in [-0.2, -0.15) is 0 Å². The van der Waals surface area contributed by atoms with Crippen LogP contribution in [0.15, 0.2) is 66.7 Å². The summed E-state index contributed by atoms with van der Waals surface area (Å²) in [4.78, 5) is 16.0. The molecule has 3 aromatic carbocycles. The molecule has 0 aliphatic heterocycles. The number of ether oxygens (including phenoxy) is 1. The second-order valence-corrected chi connectivity index (χ2v) is 6.93. The van der Waals surface area contributed by atoms with E-state index in [2.05, 4.69) is 10.3 Å². The quantitative estimate of drug-likeness (QED) is 0.468. The molecule has 4 rings (SSSR count). The Balaban J connectivity index is 1.52. The predicted molar refractivity (Wildman–Crippen MR) is 106 cm³/mol. The van der Waals surface area contributed by atoms with Gasteiger partial charge in [-0.1, -0.05) is 35.6 Å². The van der Waals surface area contributed by atoms with Crippen molar-refractivity contribution in [2.45, 2.75) is 0 Å². The van der Waals surface area contributed by atoms with Crippen LogP contribution in [-0.4, -0.2) is 18.1 Å². The molecule has 0 saturated heterocycles. The number of aromatic nitrogens is 1. The van der Waals surface area contributed by atoms with Crippen LogP contribution in [0.1, 0.15) is 10.4 Å². The minimum Gasteiger partial charge on any atom is -0.465 e. The van der Waals surface area contributed by atoms with Gasteiger partial charge in [0.05, 0.1) is 22.9 Å². The van der Waals surface area contributed by atoms with E-state index in [1.165, 1.54) is 30.6 Å². The first-order valence-electron chi connectivity index (χ1n) is 8.24. The summed E-state index contributed by atoms with van der Waals surface area (Å²) in [5, 5.41) is 3.96. The summed E-state index contributed by atoms with van der Waals surface area (Å²) >= 11 is 1.41. The number of carbonyl (C=O) groups excluding carboxylic acids is 1. The van der Waals surface area contributed by atoms with E-state index in [4.69, 9.17) is 4.74 Å². The molecule has 6 heteroatoms. The van der Waals surface area contributed by atoms with Crippen LogP contribution in [-0.2, 0) is 4.74 Å². The van der Waals surface area contributed by atoms with Gasteiger partial charge >= 0.3 is 5.97 Å². The van der Waals surface area contributed by atoms with Crippen LogP contribution in [0.3, 0.4) is 0 Å². The van der Waals surface area contributed by atoms with Crippen molar-refractivity contribution in [2.24, 2.45) is 0 Å². The highest BCUT2D eigenvalue weighted by Gasteiger charge is 2.07. The van der Waals surface area contributed by atoms with Crippen LogP contribution < -0.4 is 5.32 Å². The van der Waals surface area contributed by atoms with Crippen LogP contribution in [0.2, 0.25) is 0 Å². The third kappa shape index (κ3) is 3.66. The number of thiazole rings is 1. The molecule has 134 valence electrons. The Morgan fingerprint density at radius 3 is 2.33 bits per heavy atom. The Kier molecular flexibility index (Phi) is 4.56. The van der Waals surface area contributed by atoms with E-state index in [9.17, 15) is 9.18 Å². The Morgan fingerprint density at radius 2 is 1.67 bits per heavy atom. The minimum absolute atomic E-state index is 0.264. The Hall–Kier alpha value is -3.25.